The maximum Gasteiger partial charge on any atom is 0.213 e. The van der Waals surface area contributed by atoms with Gasteiger partial charge in [-0.2, -0.15) is 5.26 Å². The predicted octanol–water partition coefficient (Wildman–Crippen LogP) is 3.86. The van der Waals surface area contributed by atoms with Gasteiger partial charge in [-0.1, -0.05) is 6.07 Å². The van der Waals surface area contributed by atoms with Crippen LogP contribution in [0.4, 0.5) is 0 Å². The second kappa shape index (κ2) is 6.92. The summed E-state index contributed by atoms with van der Waals surface area (Å²) in [6.07, 6.45) is 1.56. The lowest BCUT2D eigenvalue weighted by Gasteiger charge is -2.08. The number of methoxy groups -OCH3 is 2. The van der Waals surface area contributed by atoms with E-state index in [1.165, 1.54) is 18.4 Å². The number of benzene rings is 1. The number of Topliss-reactive ketones (excluding diaryl/α,β-unsaturated/α-hetero) is 1. The molecule has 5 heteroatoms. The van der Waals surface area contributed by atoms with Crippen LogP contribution in [0.2, 0.25) is 0 Å². The third-order valence-corrected chi connectivity index (χ3v) is 4.17. The van der Waals surface area contributed by atoms with Gasteiger partial charge in [-0.15, -0.1) is 11.3 Å². The monoisotopic (exact) mass is 313 g/mol. The smallest absolute Gasteiger partial charge is 0.213 e. The molecule has 0 radical (unpaired) electrons. The molecule has 22 heavy (non-hydrogen) atoms. The predicted molar refractivity (Wildman–Crippen MR) is 86.5 cm³/mol. The Kier molecular flexibility index (Phi) is 4.97. The SMILES string of the molecule is COc1ccc(C=C(C#N)C(=O)c2sccc2C)cc1OC. The standard InChI is InChI=1S/C17H15NO3S/c1-11-6-7-22-17(11)16(19)13(10-18)8-12-4-5-14(20-2)15(9-12)21-3/h4-9H,1-3H3. The summed E-state index contributed by atoms with van der Waals surface area (Å²) in [5.41, 5.74) is 1.68. The van der Waals surface area contributed by atoms with Crippen molar-refractivity contribution in [1.29, 1.82) is 5.26 Å². The van der Waals surface area contributed by atoms with Gasteiger partial charge in [0.15, 0.2) is 11.5 Å². The van der Waals surface area contributed by atoms with E-state index in [2.05, 4.69) is 0 Å². The quantitative estimate of drug-likeness (QED) is 0.478. The van der Waals surface area contributed by atoms with Crippen molar-refractivity contribution in [3.05, 3.63) is 51.2 Å². The van der Waals surface area contributed by atoms with E-state index in [1.54, 1.807) is 31.4 Å². The fourth-order valence-electron chi connectivity index (χ4n) is 1.99. The van der Waals surface area contributed by atoms with Crippen molar-refractivity contribution in [2.24, 2.45) is 0 Å². The van der Waals surface area contributed by atoms with Crippen LogP contribution in [0.3, 0.4) is 0 Å². The lowest BCUT2D eigenvalue weighted by Crippen LogP contribution is -2.01. The summed E-state index contributed by atoms with van der Waals surface area (Å²) in [5, 5.41) is 11.1. The van der Waals surface area contributed by atoms with Gasteiger partial charge in [0.1, 0.15) is 11.6 Å². The molecule has 0 unspecified atom stereocenters. The van der Waals surface area contributed by atoms with Gasteiger partial charge in [0.05, 0.1) is 19.1 Å². The number of ether oxygens (including phenoxy) is 2. The van der Waals surface area contributed by atoms with Crippen molar-refractivity contribution in [3.8, 4) is 17.6 Å². The molecule has 1 heterocycles. The molecule has 2 rings (SSSR count). The molecular formula is C17H15NO3S. The first-order chi connectivity index (χ1) is 10.6. The van der Waals surface area contributed by atoms with Gasteiger partial charge in [-0.05, 0) is 47.7 Å². The topological polar surface area (TPSA) is 59.3 Å². The molecule has 0 amide bonds. The molecular weight excluding hydrogens is 298 g/mol. The van der Waals surface area contributed by atoms with Crippen LogP contribution < -0.4 is 9.47 Å². The van der Waals surface area contributed by atoms with Crippen molar-refractivity contribution in [1.82, 2.24) is 0 Å². The Hall–Kier alpha value is -2.58. The van der Waals surface area contributed by atoms with Crippen LogP contribution in [0, 0.1) is 18.3 Å². The number of thiophene rings is 1. The van der Waals surface area contributed by atoms with E-state index in [9.17, 15) is 10.1 Å². The number of carbonyl (C=O) groups excluding carboxylic acids is 1. The highest BCUT2D eigenvalue weighted by molar-refractivity contribution is 7.12. The first-order valence-corrected chi connectivity index (χ1v) is 7.41. The summed E-state index contributed by atoms with van der Waals surface area (Å²) in [4.78, 5) is 13.0. The molecule has 1 aromatic heterocycles. The minimum Gasteiger partial charge on any atom is -0.493 e. The first-order valence-electron chi connectivity index (χ1n) is 6.53. The highest BCUT2D eigenvalue weighted by atomic mass is 32.1. The fraction of sp³-hybridized carbons (Fsp3) is 0.176. The molecule has 0 bridgehead atoms. The molecule has 2 aromatic rings. The highest BCUT2D eigenvalue weighted by Crippen LogP contribution is 2.29. The lowest BCUT2D eigenvalue weighted by molar-refractivity contribution is 0.104. The molecule has 0 saturated carbocycles. The van der Waals surface area contributed by atoms with Gasteiger partial charge in [-0.25, -0.2) is 0 Å². The minimum absolute atomic E-state index is 0.0952. The number of aryl methyl sites for hydroxylation is 1. The lowest BCUT2D eigenvalue weighted by atomic mass is 10.1. The number of ketones is 1. The number of nitriles is 1. The molecule has 0 N–H and O–H groups in total. The zero-order valence-electron chi connectivity index (χ0n) is 12.5. The van der Waals surface area contributed by atoms with Crippen molar-refractivity contribution in [2.75, 3.05) is 14.2 Å². The summed E-state index contributed by atoms with van der Waals surface area (Å²) in [5.74, 6) is 0.886. The number of carbonyl (C=O) groups is 1. The maximum atomic E-state index is 12.4. The molecule has 0 atom stereocenters. The summed E-state index contributed by atoms with van der Waals surface area (Å²) >= 11 is 1.34. The van der Waals surface area contributed by atoms with Crippen LogP contribution in [0.5, 0.6) is 11.5 Å². The number of allylic oxidation sites excluding steroid dienone is 1. The fourth-order valence-corrected chi connectivity index (χ4v) is 2.86. The Morgan fingerprint density at radius 2 is 1.95 bits per heavy atom. The molecule has 1 aromatic carbocycles. The van der Waals surface area contributed by atoms with Crippen LogP contribution in [0.15, 0.2) is 35.2 Å². The molecule has 0 aliphatic heterocycles. The zero-order chi connectivity index (χ0) is 16.1. The van der Waals surface area contributed by atoms with Gasteiger partial charge < -0.3 is 9.47 Å². The van der Waals surface area contributed by atoms with E-state index in [0.29, 0.717) is 21.9 Å². The second-order valence-corrected chi connectivity index (χ2v) is 5.46. The third kappa shape index (κ3) is 3.18. The molecule has 112 valence electrons. The number of rotatable bonds is 5. The van der Waals surface area contributed by atoms with E-state index in [4.69, 9.17) is 9.47 Å². The van der Waals surface area contributed by atoms with Gasteiger partial charge in [-0.3, -0.25) is 4.79 Å². The van der Waals surface area contributed by atoms with E-state index >= 15 is 0 Å². The van der Waals surface area contributed by atoms with Gasteiger partial charge in [0.2, 0.25) is 5.78 Å². The van der Waals surface area contributed by atoms with Crippen LogP contribution >= 0.6 is 11.3 Å². The molecule has 0 fully saturated rings. The molecule has 0 aliphatic carbocycles. The van der Waals surface area contributed by atoms with Crippen molar-refractivity contribution in [2.45, 2.75) is 6.92 Å². The van der Waals surface area contributed by atoms with Crippen LogP contribution in [0.25, 0.3) is 6.08 Å². The van der Waals surface area contributed by atoms with Crippen LogP contribution in [-0.2, 0) is 0 Å². The zero-order valence-corrected chi connectivity index (χ0v) is 13.4. The Morgan fingerprint density at radius 3 is 2.50 bits per heavy atom. The van der Waals surface area contributed by atoms with Crippen molar-refractivity contribution in [3.63, 3.8) is 0 Å². The van der Waals surface area contributed by atoms with Crippen molar-refractivity contribution >= 4 is 23.2 Å². The third-order valence-electron chi connectivity index (χ3n) is 3.15. The average Bonchev–Trinajstić information content (AvgIpc) is 2.97. The molecule has 0 spiro atoms. The molecule has 0 aliphatic rings. The van der Waals surface area contributed by atoms with E-state index in [-0.39, 0.29) is 11.4 Å². The van der Waals surface area contributed by atoms with E-state index in [0.717, 1.165) is 5.56 Å². The molecule has 4 nitrogen and oxygen atoms in total. The normalized spacial score (nSPS) is 10.9. The minimum atomic E-state index is -0.259. The Balaban J connectivity index is 2.40. The van der Waals surface area contributed by atoms with Crippen LogP contribution in [0.1, 0.15) is 20.8 Å². The summed E-state index contributed by atoms with van der Waals surface area (Å²) in [6, 6.07) is 9.08. The largest absolute Gasteiger partial charge is 0.493 e. The number of nitrogens with zero attached hydrogens (tertiary/aromatic N) is 1. The van der Waals surface area contributed by atoms with E-state index in [1.807, 2.05) is 24.4 Å². The van der Waals surface area contributed by atoms with E-state index < -0.39 is 0 Å². The van der Waals surface area contributed by atoms with Gasteiger partial charge >= 0.3 is 0 Å². The Labute approximate surface area is 133 Å². The van der Waals surface area contributed by atoms with Crippen molar-refractivity contribution < 1.29 is 14.3 Å². The van der Waals surface area contributed by atoms with Gasteiger partial charge in [0, 0.05) is 0 Å². The number of hydrogen-bond donors (Lipinski definition) is 0. The summed E-state index contributed by atoms with van der Waals surface area (Å²) in [7, 11) is 3.09. The average molecular weight is 313 g/mol. The Bertz CT molecular complexity index is 768. The van der Waals surface area contributed by atoms with Gasteiger partial charge in [0.25, 0.3) is 0 Å². The second-order valence-electron chi connectivity index (χ2n) is 4.55. The molecule has 0 saturated heterocycles. The highest BCUT2D eigenvalue weighted by Gasteiger charge is 2.16. The first kappa shape index (κ1) is 15.8. The number of hydrogen-bond acceptors (Lipinski definition) is 5. The summed E-state index contributed by atoms with van der Waals surface area (Å²) < 4.78 is 10.4. The summed E-state index contributed by atoms with van der Waals surface area (Å²) in [6.45, 7) is 1.86. The maximum absolute atomic E-state index is 12.4. The van der Waals surface area contributed by atoms with Crippen LogP contribution in [-0.4, -0.2) is 20.0 Å². The Morgan fingerprint density at radius 1 is 1.23 bits per heavy atom.